The number of hydrogen-bond acceptors (Lipinski definition) is 3. The summed E-state index contributed by atoms with van der Waals surface area (Å²) in [5.74, 6) is -0.228. The number of alkyl halides is 3. The quantitative estimate of drug-likeness (QED) is 0.755. The number of ether oxygens (including phenoxy) is 1. The minimum absolute atomic E-state index is 0.141. The fraction of sp³-hybridized carbons (Fsp3) is 0.294. The molecule has 2 aromatic rings. The van der Waals surface area contributed by atoms with Crippen LogP contribution in [0.4, 0.5) is 17.6 Å². The second kappa shape index (κ2) is 8.12. The average Bonchev–Trinajstić information content (AvgIpc) is 2.54. The summed E-state index contributed by atoms with van der Waals surface area (Å²) in [6.45, 7) is -0.635. The van der Waals surface area contributed by atoms with E-state index in [1.807, 2.05) is 0 Å². The van der Waals surface area contributed by atoms with Crippen LogP contribution in [-0.2, 0) is 6.54 Å². The molecule has 3 nitrogen and oxygen atoms in total. The van der Waals surface area contributed by atoms with E-state index in [-0.39, 0.29) is 18.1 Å². The van der Waals surface area contributed by atoms with Crippen LogP contribution in [0.25, 0.3) is 0 Å². The van der Waals surface area contributed by atoms with E-state index in [0.29, 0.717) is 12.1 Å². The minimum atomic E-state index is -4.36. The Balaban J connectivity index is 1.77. The van der Waals surface area contributed by atoms with Gasteiger partial charge >= 0.3 is 6.18 Å². The number of halogens is 4. The molecule has 0 bridgehead atoms. The summed E-state index contributed by atoms with van der Waals surface area (Å²) in [6, 6.07) is 11.8. The van der Waals surface area contributed by atoms with Gasteiger partial charge in [0.05, 0.1) is 6.10 Å². The maximum Gasteiger partial charge on any atom is 0.422 e. The standard InChI is InChI=1S/C17H17F4NO2/c18-14-5-3-13(4-6-14)16(23)10-22-9-12-1-7-15(8-2-12)24-11-17(19,20)21/h1-8,16,22-23H,9-11H2. The summed E-state index contributed by atoms with van der Waals surface area (Å²) in [6.07, 6.45) is -5.14. The number of nitrogens with one attached hydrogen (secondary N) is 1. The van der Waals surface area contributed by atoms with Crippen LogP contribution in [0.3, 0.4) is 0 Å². The zero-order valence-corrected chi connectivity index (χ0v) is 12.7. The van der Waals surface area contributed by atoms with Gasteiger partial charge in [0.2, 0.25) is 0 Å². The molecule has 1 atom stereocenters. The van der Waals surface area contributed by atoms with Crippen LogP contribution in [0.15, 0.2) is 48.5 Å². The summed E-state index contributed by atoms with van der Waals surface area (Å²) in [7, 11) is 0. The molecule has 2 rings (SSSR count). The van der Waals surface area contributed by atoms with Crippen molar-refractivity contribution in [3.05, 3.63) is 65.5 Å². The van der Waals surface area contributed by atoms with E-state index in [0.717, 1.165) is 5.56 Å². The monoisotopic (exact) mass is 343 g/mol. The molecule has 0 aliphatic carbocycles. The Bertz CT molecular complexity index is 627. The lowest BCUT2D eigenvalue weighted by Crippen LogP contribution is -2.21. The van der Waals surface area contributed by atoms with Crippen molar-refractivity contribution in [1.82, 2.24) is 5.32 Å². The molecule has 0 spiro atoms. The Morgan fingerprint density at radius 2 is 1.62 bits per heavy atom. The van der Waals surface area contributed by atoms with E-state index >= 15 is 0 Å². The van der Waals surface area contributed by atoms with Crippen LogP contribution in [0.1, 0.15) is 17.2 Å². The summed E-state index contributed by atoms with van der Waals surface area (Å²) in [4.78, 5) is 0. The van der Waals surface area contributed by atoms with Gasteiger partial charge in [-0.05, 0) is 35.4 Å². The summed E-state index contributed by atoms with van der Waals surface area (Å²) in [5.41, 5.74) is 1.43. The first-order valence-electron chi connectivity index (χ1n) is 7.26. The second-order valence-electron chi connectivity index (χ2n) is 5.25. The van der Waals surface area contributed by atoms with Gasteiger partial charge in [-0.15, -0.1) is 0 Å². The Morgan fingerprint density at radius 1 is 1.00 bits per heavy atom. The predicted octanol–water partition coefficient (Wildman–Crippen LogP) is 3.59. The predicted molar refractivity (Wildman–Crippen MR) is 81.1 cm³/mol. The first-order chi connectivity index (χ1) is 11.3. The number of rotatable bonds is 7. The van der Waals surface area contributed by atoms with Crippen molar-refractivity contribution in [1.29, 1.82) is 0 Å². The van der Waals surface area contributed by atoms with Crippen molar-refractivity contribution in [3.63, 3.8) is 0 Å². The summed E-state index contributed by atoms with van der Waals surface area (Å²) >= 11 is 0. The maximum absolute atomic E-state index is 12.8. The molecule has 2 N–H and O–H groups in total. The van der Waals surface area contributed by atoms with Crippen LogP contribution in [0, 0.1) is 5.82 Å². The zero-order valence-electron chi connectivity index (χ0n) is 12.7. The molecule has 0 heterocycles. The maximum atomic E-state index is 12.8. The third-order valence-electron chi connectivity index (χ3n) is 3.25. The first kappa shape index (κ1) is 18.2. The van der Waals surface area contributed by atoms with Gasteiger partial charge in [-0.25, -0.2) is 4.39 Å². The van der Waals surface area contributed by atoms with E-state index in [1.54, 1.807) is 12.1 Å². The van der Waals surface area contributed by atoms with E-state index in [4.69, 9.17) is 0 Å². The van der Waals surface area contributed by atoms with Gasteiger partial charge in [0.25, 0.3) is 0 Å². The van der Waals surface area contributed by atoms with Crippen molar-refractivity contribution in [2.24, 2.45) is 0 Å². The zero-order chi connectivity index (χ0) is 17.6. The lowest BCUT2D eigenvalue weighted by atomic mass is 10.1. The largest absolute Gasteiger partial charge is 0.484 e. The molecule has 0 fully saturated rings. The smallest absolute Gasteiger partial charge is 0.422 e. The minimum Gasteiger partial charge on any atom is -0.484 e. The molecule has 0 radical (unpaired) electrons. The molecule has 2 aromatic carbocycles. The van der Waals surface area contributed by atoms with Gasteiger partial charge in [0.15, 0.2) is 6.61 Å². The van der Waals surface area contributed by atoms with Crippen LogP contribution in [0.2, 0.25) is 0 Å². The number of aliphatic hydroxyl groups is 1. The van der Waals surface area contributed by atoms with Gasteiger partial charge in [-0.2, -0.15) is 13.2 Å². The molecule has 0 aromatic heterocycles. The van der Waals surface area contributed by atoms with Gasteiger partial charge < -0.3 is 15.2 Å². The summed E-state index contributed by atoms with van der Waals surface area (Å²) < 4.78 is 53.6. The van der Waals surface area contributed by atoms with Gasteiger partial charge in [0.1, 0.15) is 11.6 Å². The molecular weight excluding hydrogens is 326 g/mol. The SMILES string of the molecule is OC(CNCc1ccc(OCC(F)(F)F)cc1)c1ccc(F)cc1. The van der Waals surface area contributed by atoms with Crippen LogP contribution < -0.4 is 10.1 Å². The number of benzene rings is 2. The van der Waals surface area contributed by atoms with Crippen molar-refractivity contribution >= 4 is 0 Å². The molecule has 0 saturated carbocycles. The fourth-order valence-corrected chi connectivity index (χ4v) is 2.02. The molecule has 0 aliphatic rings. The highest BCUT2D eigenvalue weighted by molar-refractivity contribution is 5.27. The van der Waals surface area contributed by atoms with Gasteiger partial charge in [-0.1, -0.05) is 24.3 Å². The van der Waals surface area contributed by atoms with Crippen molar-refractivity contribution in [3.8, 4) is 5.75 Å². The van der Waals surface area contributed by atoms with Crippen LogP contribution in [0.5, 0.6) is 5.75 Å². The van der Waals surface area contributed by atoms with Gasteiger partial charge in [-0.3, -0.25) is 0 Å². The molecule has 130 valence electrons. The molecular formula is C17H17F4NO2. The first-order valence-corrected chi connectivity index (χ1v) is 7.26. The Kier molecular flexibility index (Phi) is 6.16. The van der Waals surface area contributed by atoms with Crippen molar-refractivity contribution in [2.45, 2.75) is 18.8 Å². The molecule has 0 amide bonds. The van der Waals surface area contributed by atoms with E-state index in [1.165, 1.54) is 36.4 Å². The molecule has 1 unspecified atom stereocenters. The van der Waals surface area contributed by atoms with Gasteiger partial charge in [0, 0.05) is 13.1 Å². The average molecular weight is 343 g/mol. The lowest BCUT2D eigenvalue weighted by molar-refractivity contribution is -0.153. The topological polar surface area (TPSA) is 41.5 Å². The highest BCUT2D eigenvalue weighted by Crippen LogP contribution is 2.19. The van der Waals surface area contributed by atoms with E-state index in [2.05, 4.69) is 10.1 Å². The highest BCUT2D eigenvalue weighted by atomic mass is 19.4. The van der Waals surface area contributed by atoms with Crippen LogP contribution in [-0.4, -0.2) is 24.4 Å². The Labute approximate surface area is 136 Å². The Hall–Kier alpha value is -2.12. The Morgan fingerprint density at radius 3 is 2.21 bits per heavy atom. The third-order valence-corrected chi connectivity index (χ3v) is 3.25. The van der Waals surface area contributed by atoms with Crippen molar-refractivity contribution in [2.75, 3.05) is 13.2 Å². The molecule has 0 aliphatic heterocycles. The van der Waals surface area contributed by atoms with E-state index in [9.17, 15) is 22.7 Å². The normalized spacial score (nSPS) is 12.9. The third kappa shape index (κ3) is 6.17. The number of hydrogen-bond donors (Lipinski definition) is 2. The van der Waals surface area contributed by atoms with Crippen LogP contribution >= 0.6 is 0 Å². The fourth-order valence-electron chi connectivity index (χ4n) is 2.02. The molecule has 24 heavy (non-hydrogen) atoms. The second-order valence-corrected chi connectivity index (χ2v) is 5.25. The molecule has 7 heteroatoms. The van der Waals surface area contributed by atoms with E-state index < -0.39 is 18.9 Å². The lowest BCUT2D eigenvalue weighted by Gasteiger charge is -2.13. The highest BCUT2D eigenvalue weighted by Gasteiger charge is 2.28. The summed E-state index contributed by atoms with van der Waals surface area (Å²) in [5, 5.41) is 13.0. The molecule has 0 saturated heterocycles. The number of aliphatic hydroxyl groups excluding tert-OH is 1. The van der Waals surface area contributed by atoms with Crippen molar-refractivity contribution < 1.29 is 27.4 Å².